The molecule has 0 atom stereocenters. The van der Waals surface area contributed by atoms with Gasteiger partial charge in [0.15, 0.2) is 11.9 Å². The Morgan fingerprint density at radius 1 is 1.00 bits per heavy atom. The lowest BCUT2D eigenvalue weighted by Crippen LogP contribution is -2.38. The molecular formula is C19H23N5+2. The summed E-state index contributed by atoms with van der Waals surface area (Å²) >= 11 is 0. The molecule has 5 nitrogen and oxygen atoms in total. The van der Waals surface area contributed by atoms with Crippen molar-refractivity contribution in [1.82, 2.24) is 14.0 Å². The van der Waals surface area contributed by atoms with Crippen LogP contribution in [0.3, 0.4) is 0 Å². The van der Waals surface area contributed by atoms with Crippen molar-refractivity contribution in [3.05, 3.63) is 55.2 Å². The third-order valence-electron chi connectivity index (χ3n) is 4.49. The number of hydrogen-bond acceptors (Lipinski definition) is 1. The minimum absolute atomic E-state index is 0.356. The zero-order valence-electron chi connectivity index (χ0n) is 14.6. The lowest BCUT2D eigenvalue weighted by Gasteiger charge is -2.06. The Kier molecular flexibility index (Phi) is 3.37. The SMILES string of the molecule is CC(C)[n+]1ccn2ccc(-c3cn4ncccc4[n+]3C(C)C)cc21. The van der Waals surface area contributed by atoms with Gasteiger partial charge in [0.2, 0.25) is 0 Å². The molecule has 0 N–H and O–H groups in total. The third kappa shape index (κ3) is 2.19. The van der Waals surface area contributed by atoms with E-state index >= 15 is 0 Å². The fourth-order valence-electron chi connectivity index (χ4n) is 3.37. The van der Waals surface area contributed by atoms with Gasteiger partial charge in [-0.15, -0.1) is 4.52 Å². The molecule has 0 spiro atoms. The van der Waals surface area contributed by atoms with Crippen molar-refractivity contribution < 1.29 is 9.13 Å². The van der Waals surface area contributed by atoms with Crippen LogP contribution in [0.5, 0.6) is 0 Å². The smallest absolute Gasteiger partial charge is 0.228 e. The van der Waals surface area contributed by atoms with Crippen LogP contribution in [0.4, 0.5) is 0 Å². The van der Waals surface area contributed by atoms with Crippen molar-refractivity contribution in [3.63, 3.8) is 0 Å². The van der Waals surface area contributed by atoms with Crippen LogP contribution in [-0.2, 0) is 0 Å². The fraction of sp³-hybridized carbons (Fsp3) is 0.316. The number of aromatic nitrogens is 5. The molecule has 0 bridgehead atoms. The second-order valence-corrected chi connectivity index (χ2v) is 6.78. The van der Waals surface area contributed by atoms with E-state index in [-0.39, 0.29) is 0 Å². The first-order chi connectivity index (χ1) is 11.6. The Labute approximate surface area is 141 Å². The summed E-state index contributed by atoms with van der Waals surface area (Å²) in [6, 6.07) is 9.31. The molecule has 0 aromatic carbocycles. The molecule has 0 amide bonds. The average Bonchev–Trinajstić information content (AvgIpc) is 3.15. The summed E-state index contributed by atoms with van der Waals surface area (Å²) in [6.07, 6.45) is 10.3. The minimum Gasteiger partial charge on any atom is -0.228 e. The van der Waals surface area contributed by atoms with Gasteiger partial charge >= 0.3 is 5.65 Å². The van der Waals surface area contributed by atoms with Gasteiger partial charge in [-0.05, 0) is 39.8 Å². The van der Waals surface area contributed by atoms with Crippen LogP contribution >= 0.6 is 0 Å². The first-order valence-corrected chi connectivity index (χ1v) is 8.46. The van der Waals surface area contributed by atoms with Crippen molar-refractivity contribution in [3.8, 4) is 11.3 Å². The van der Waals surface area contributed by atoms with Gasteiger partial charge in [0.1, 0.15) is 12.4 Å². The Hall–Kier alpha value is -2.69. The predicted octanol–water partition coefficient (Wildman–Crippen LogP) is 2.99. The van der Waals surface area contributed by atoms with Gasteiger partial charge < -0.3 is 0 Å². The van der Waals surface area contributed by atoms with E-state index in [0.29, 0.717) is 12.1 Å². The largest absolute Gasteiger partial charge is 0.307 e. The van der Waals surface area contributed by atoms with Crippen LogP contribution < -0.4 is 9.13 Å². The molecule has 0 radical (unpaired) electrons. The molecular weight excluding hydrogens is 298 g/mol. The minimum atomic E-state index is 0.356. The summed E-state index contributed by atoms with van der Waals surface area (Å²) in [5.41, 5.74) is 4.69. The van der Waals surface area contributed by atoms with Crippen molar-refractivity contribution in [2.75, 3.05) is 0 Å². The van der Waals surface area contributed by atoms with Crippen molar-refractivity contribution in [1.29, 1.82) is 0 Å². The van der Waals surface area contributed by atoms with Gasteiger partial charge in [0.05, 0.1) is 24.5 Å². The lowest BCUT2D eigenvalue weighted by molar-refractivity contribution is -0.691. The molecule has 0 aliphatic heterocycles. The first kappa shape index (κ1) is 14.9. The lowest BCUT2D eigenvalue weighted by atomic mass is 10.2. The van der Waals surface area contributed by atoms with Crippen LogP contribution in [0, 0.1) is 0 Å². The van der Waals surface area contributed by atoms with E-state index in [1.807, 2.05) is 16.8 Å². The van der Waals surface area contributed by atoms with Crippen molar-refractivity contribution >= 4 is 11.3 Å². The van der Waals surface area contributed by atoms with Gasteiger partial charge in [-0.25, -0.2) is 13.5 Å². The Morgan fingerprint density at radius 2 is 1.83 bits per heavy atom. The Bertz CT molecular complexity index is 1020. The predicted molar refractivity (Wildman–Crippen MR) is 92.7 cm³/mol. The maximum Gasteiger partial charge on any atom is 0.307 e. The van der Waals surface area contributed by atoms with E-state index < -0.39 is 0 Å². The second kappa shape index (κ2) is 5.44. The number of rotatable bonds is 3. The maximum absolute atomic E-state index is 4.45. The van der Waals surface area contributed by atoms with Crippen LogP contribution in [0.25, 0.3) is 22.6 Å². The monoisotopic (exact) mass is 321 g/mol. The molecule has 0 aliphatic carbocycles. The molecule has 0 saturated heterocycles. The van der Waals surface area contributed by atoms with E-state index in [1.54, 1.807) is 0 Å². The first-order valence-electron chi connectivity index (χ1n) is 8.46. The topological polar surface area (TPSA) is 29.5 Å². The molecule has 0 aliphatic rings. The van der Waals surface area contributed by atoms with E-state index in [4.69, 9.17) is 0 Å². The molecule has 0 unspecified atom stereocenters. The second-order valence-electron chi connectivity index (χ2n) is 6.78. The zero-order valence-corrected chi connectivity index (χ0v) is 14.6. The summed E-state index contributed by atoms with van der Waals surface area (Å²) in [5.74, 6) is 0. The summed E-state index contributed by atoms with van der Waals surface area (Å²) in [6.45, 7) is 8.83. The molecule has 4 rings (SSSR count). The molecule has 0 fully saturated rings. The van der Waals surface area contributed by atoms with Crippen LogP contribution in [0.15, 0.2) is 55.2 Å². The summed E-state index contributed by atoms with van der Waals surface area (Å²) < 4.78 is 8.74. The molecule has 0 saturated carbocycles. The van der Waals surface area contributed by atoms with Gasteiger partial charge in [-0.1, -0.05) is 5.10 Å². The molecule has 4 aromatic heterocycles. The van der Waals surface area contributed by atoms with E-state index in [9.17, 15) is 0 Å². The van der Waals surface area contributed by atoms with Gasteiger partial charge in [0.25, 0.3) is 5.65 Å². The maximum atomic E-state index is 4.45. The number of pyridine rings is 1. The van der Waals surface area contributed by atoms with Crippen LogP contribution in [-0.4, -0.2) is 14.0 Å². The van der Waals surface area contributed by atoms with Crippen molar-refractivity contribution in [2.45, 2.75) is 39.8 Å². The standard InChI is InChI=1S/C19H23N5/c1-14(2)22-11-10-21-9-7-16(12-19(21)22)17-13-23-18(6-5-8-20-23)24(17)15(3)4/h5-15H,1-4H3/q+2. The quantitative estimate of drug-likeness (QED) is 0.533. The number of fused-ring (bicyclic) bond motifs is 2. The van der Waals surface area contributed by atoms with Gasteiger partial charge in [-0.3, -0.25) is 0 Å². The van der Waals surface area contributed by atoms with E-state index in [2.05, 4.69) is 89.3 Å². The number of nitrogens with zero attached hydrogens (tertiary/aromatic N) is 5. The molecule has 4 heterocycles. The zero-order chi connectivity index (χ0) is 16.8. The normalized spacial score (nSPS) is 12.1. The van der Waals surface area contributed by atoms with Crippen LogP contribution in [0.2, 0.25) is 0 Å². The Balaban J connectivity index is 1.99. The van der Waals surface area contributed by atoms with Crippen LogP contribution in [0.1, 0.15) is 39.8 Å². The van der Waals surface area contributed by atoms with E-state index in [1.165, 1.54) is 16.9 Å². The van der Waals surface area contributed by atoms with Gasteiger partial charge in [0, 0.05) is 17.7 Å². The average molecular weight is 321 g/mol. The van der Waals surface area contributed by atoms with E-state index in [0.717, 1.165) is 5.65 Å². The molecule has 122 valence electrons. The highest BCUT2D eigenvalue weighted by molar-refractivity contribution is 5.61. The molecule has 5 heteroatoms. The highest BCUT2D eigenvalue weighted by atomic mass is 15.3. The summed E-state index contributed by atoms with van der Waals surface area (Å²) in [5, 5.41) is 4.45. The molecule has 4 aromatic rings. The van der Waals surface area contributed by atoms with Crippen molar-refractivity contribution in [2.24, 2.45) is 0 Å². The highest BCUT2D eigenvalue weighted by Crippen LogP contribution is 2.20. The summed E-state index contributed by atoms with van der Waals surface area (Å²) in [4.78, 5) is 0. The van der Waals surface area contributed by atoms with Gasteiger partial charge in [-0.2, -0.15) is 0 Å². The Morgan fingerprint density at radius 3 is 2.58 bits per heavy atom. The highest BCUT2D eigenvalue weighted by Gasteiger charge is 2.24. The fourth-order valence-corrected chi connectivity index (χ4v) is 3.37. The third-order valence-corrected chi connectivity index (χ3v) is 4.49. The number of hydrogen-bond donors (Lipinski definition) is 0. The molecule has 24 heavy (non-hydrogen) atoms. The number of imidazole rings is 2. The summed E-state index contributed by atoms with van der Waals surface area (Å²) in [7, 11) is 0.